The Kier molecular flexibility index (Phi) is 7.05. The Labute approximate surface area is 185 Å². The summed E-state index contributed by atoms with van der Waals surface area (Å²) in [4.78, 5) is 13.0. The molecule has 1 N–H and O–H groups in total. The quantitative estimate of drug-likeness (QED) is 0.746. The number of carbonyl (C=O) groups excluding carboxylic acids is 1. The number of benzene rings is 2. The molecule has 1 atom stereocenters. The van der Waals surface area contributed by atoms with E-state index < -0.39 is 10.0 Å². The van der Waals surface area contributed by atoms with Crippen LogP contribution in [-0.2, 0) is 14.8 Å². The number of nitrogens with one attached hydrogen (secondary N) is 1. The molecule has 1 unspecified atom stereocenters. The van der Waals surface area contributed by atoms with Crippen LogP contribution in [0.25, 0.3) is 0 Å². The van der Waals surface area contributed by atoms with Gasteiger partial charge in [-0.25, -0.2) is 13.4 Å². The number of nitrogens with zero attached hydrogens (tertiary/aromatic N) is 2. The van der Waals surface area contributed by atoms with E-state index in [9.17, 15) is 13.2 Å². The highest BCUT2D eigenvalue weighted by molar-refractivity contribution is 7.89. The normalized spacial score (nSPS) is 21.6. The van der Waals surface area contributed by atoms with Crippen LogP contribution in [0.15, 0.2) is 65.6 Å². The van der Waals surface area contributed by atoms with Gasteiger partial charge in [0, 0.05) is 32.6 Å². The molecule has 2 heterocycles. The maximum atomic E-state index is 12.9. The van der Waals surface area contributed by atoms with Crippen molar-refractivity contribution in [3.8, 4) is 0 Å². The van der Waals surface area contributed by atoms with Crippen molar-refractivity contribution in [3.63, 3.8) is 0 Å². The van der Waals surface area contributed by atoms with E-state index in [1.807, 2.05) is 17.1 Å². The van der Waals surface area contributed by atoms with Gasteiger partial charge >= 0.3 is 0 Å². The zero-order chi connectivity index (χ0) is 21.7. The third-order valence-corrected chi connectivity index (χ3v) is 8.26. The van der Waals surface area contributed by atoms with Crippen molar-refractivity contribution in [1.82, 2.24) is 14.7 Å². The summed E-state index contributed by atoms with van der Waals surface area (Å²) in [5.74, 6) is 0.584. The molecule has 0 aliphatic carbocycles. The summed E-state index contributed by atoms with van der Waals surface area (Å²) in [6.45, 7) is 2.60. The van der Waals surface area contributed by atoms with Crippen LogP contribution >= 0.6 is 0 Å². The summed E-state index contributed by atoms with van der Waals surface area (Å²) in [6.07, 6.45) is 4.07. The van der Waals surface area contributed by atoms with Crippen LogP contribution in [0.1, 0.15) is 43.6 Å². The van der Waals surface area contributed by atoms with Crippen LogP contribution in [0.3, 0.4) is 0 Å². The van der Waals surface area contributed by atoms with Crippen LogP contribution in [-0.4, -0.2) is 49.8 Å². The standard InChI is InChI=1S/C24H31N3O3S/c28-24(25-26-16-13-22(14-17-26)21-9-3-1-4-10-21)18-20-8-7-15-27(19-20)31(29,30)23-11-5-2-6-12-23/h1-6,9-12,20,22H,7-8,13-19H2,(H,25,28). The summed E-state index contributed by atoms with van der Waals surface area (Å²) in [6, 6.07) is 19.1. The first-order valence-corrected chi connectivity index (χ1v) is 12.6. The van der Waals surface area contributed by atoms with Gasteiger partial charge in [-0.05, 0) is 55.2 Å². The fourth-order valence-corrected chi connectivity index (χ4v) is 6.26. The lowest BCUT2D eigenvalue weighted by molar-refractivity contribution is -0.127. The molecule has 2 aromatic carbocycles. The van der Waals surface area contributed by atoms with Gasteiger partial charge in [-0.2, -0.15) is 4.31 Å². The predicted molar refractivity (Wildman–Crippen MR) is 121 cm³/mol. The molecule has 0 spiro atoms. The topological polar surface area (TPSA) is 69.7 Å². The average Bonchev–Trinajstić information content (AvgIpc) is 2.81. The van der Waals surface area contributed by atoms with Crippen LogP contribution in [0.4, 0.5) is 0 Å². The molecule has 7 heteroatoms. The first-order chi connectivity index (χ1) is 15.0. The van der Waals surface area contributed by atoms with Gasteiger partial charge in [0.05, 0.1) is 4.90 Å². The Morgan fingerprint density at radius 1 is 0.903 bits per heavy atom. The van der Waals surface area contributed by atoms with Crippen molar-refractivity contribution in [2.24, 2.45) is 5.92 Å². The Balaban J connectivity index is 1.26. The Hall–Kier alpha value is -2.22. The third kappa shape index (κ3) is 5.53. The third-order valence-electron chi connectivity index (χ3n) is 6.39. The minimum Gasteiger partial charge on any atom is -0.289 e. The lowest BCUT2D eigenvalue weighted by Crippen LogP contribution is -2.47. The smallest absolute Gasteiger partial charge is 0.243 e. The van der Waals surface area contributed by atoms with Crippen molar-refractivity contribution in [3.05, 3.63) is 66.2 Å². The molecule has 2 saturated heterocycles. The van der Waals surface area contributed by atoms with Gasteiger partial charge < -0.3 is 0 Å². The van der Waals surface area contributed by atoms with E-state index in [4.69, 9.17) is 0 Å². The second kappa shape index (κ2) is 9.94. The number of piperidine rings is 2. The van der Waals surface area contributed by atoms with Crippen LogP contribution in [0.5, 0.6) is 0 Å². The molecular formula is C24H31N3O3S. The van der Waals surface area contributed by atoms with E-state index in [-0.39, 0.29) is 11.8 Å². The Bertz CT molecular complexity index is 958. The van der Waals surface area contributed by atoms with E-state index in [1.54, 1.807) is 24.3 Å². The van der Waals surface area contributed by atoms with Crippen molar-refractivity contribution in [1.29, 1.82) is 0 Å². The van der Waals surface area contributed by atoms with Crippen LogP contribution in [0.2, 0.25) is 0 Å². The number of hydrogen-bond acceptors (Lipinski definition) is 4. The first kappa shape index (κ1) is 22.0. The Morgan fingerprint density at radius 3 is 2.23 bits per heavy atom. The van der Waals surface area contributed by atoms with Gasteiger partial charge in [-0.3, -0.25) is 10.2 Å². The van der Waals surface area contributed by atoms with Crippen molar-refractivity contribution >= 4 is 15.9 Å². The van der Waals surface area contributed by atoms with Crippen molar-refractivity contribution < 1.29 is 13.2 Å². The molecule has 0 bridgehead atoms. The maximum Gasteiger partial charge on any atom is 0.243 e. The molecule has 2 aliphatic heterocycles. The number of hydrogen-bond donors (Lipinski definition) is 1. The molecule has 2 fully saturated rings. The number of carbonyl (C=O) groups is 1. The molecule has 0 aromatic heterocycles. The van der Waals surface area contributed by atoms with Gasteiger partial charge in [0.2, 0.25) is 15.9 Å². The highest BCUT2D eigenvalue weighted by atomic mass is 32.2. The largest absolute Gasteiger partial charge is 0.289 e. The zero-order valence-electron chi connectivity index (χ0n) is 17.8. The van der Waals surface area contributed by atoms with Gasteiger partial charge in [0.1, 0.15) is 0 Å². The summed E-state index contributed by atoms with van der Waals surface area (Å²) in [7, 11) is -3.50. The zero-order valence-corrected chi connectivity index (χ0v) is 18.6. The van der Waals surface area contributed by atoms with Gasteiger partial charge in [-0.1, -0.05) is 48.5 Å². The molecule has 2 aliphatic rings. The summed E-state index contributed by atoms with van der Waals surface area (Å²) >= 11 is 0. The van der Waals surface area contributed by atoms with Crippen molar-refractivity contribution in [2.45, 2.75) is 42.9 Å². The molecule has 0 saturated carbocycles. The van der Waals surface area contributed by atoms with Crippen LogP contribution in [0, 0.1) is 5.92 Å². The minimum atomic E-state index is -3.50. The van der Waals surface area contributed by atoms with Crippen molar-refractivity contribution in [2.75, 3.05) is 26.2 Å². The minimum absolute atomic E-state index is 0.0119. The molecule has 1 amide bonds. The molecule has 31 heavy (non-hydrogen) atoms. The predicted octanol–water partition coefficient (Wildman–Crippen LogP) is 3.39. The molecule has 166 valence electrons. The highest BCUT2D eigenvalue weighted by Gasteiger charge is 2.31. The fraction of sp³-hybridized carbons (Fsp3) is 0.458. The summed E-state index contributed by atoms with van der Waals surface area (Å²) < 4.78 is 27.3. The Morgan fingerprint density at radius 2 is 1.55 bits per heavy atom. The van der Waals surface area contributed by atoms with Gasteiger partial charge in [-0.15, -0.1) is 0 Å². The average molecular weight is 442 g/mol. The van der Waals surface area contributed by atoms with E-state index in [0.717, 1.165) is 38.8 Å². The van der Waals surface area contributed by atoms with Gasteiger partial charge in [0.25, 0.3) is 0 Å². The summed E-state index contributed by atoms with van der Waals surface area (Å²) in [5, 5.41) is 2.02. The number of sulfonamides is 1. The number of rotatable bonds is 6. The lowest BCUT2D eigenvalue weighted by Gasteiger charge is -2.34. The summed E-state index contributed by atoms with van der Waals surface area (Å²) in [5.41, 5.74) is 4.42. The molecular weight excluding hydrogens is 410 g/mol. The SMILES string of the molecule is O=C(CC1CCCN(S(=O)(=O)c2ccccc2)C1)NN1CCC(c2ccccc2)CC1. The van der Waals surface area contributed by atoms with E-state index >= 15 is 0 Å². The second-order valence-electron chi connectivity index (χ2n) is 8.60. The molecule has 2 aromatic rings. The highest BCUT2D eigenvalue weighted by Crippen LogP contribution is 2.28. The molecule has 4 rings (SSSR count). The van der Waals surface area contributed by atoms with E-state index in [1.165, 1.54) is 9.87 Å². The maximum absolute atomic E-state index is 12.9. The monoisotopic (exact) mass is 441 g/mol. The molecule has 6 nitrogen and oxygen atoms in total. The molecule has 0 radical (unpaired) electrons. The number of hydrazine groups is 1. The van der Waals surface area contributed by atoms with E-state index in [0.29, 0.717) is 30.3 Å². The van der Waals surface area contributed by atoms with Gasteiger partial charge in [0.15, 0.2) is 0 Å². The first-order valence-electron chi connectivity index (χ1n) is 11.2. The van der Waals surface area contributed by atoms with Crippen LogP contribution < -0.4 is 5.43 Å². The fourth-order valence-electron chi connectivity index (χ4n) is 4.69. The van der Waals surface area contributed by atoms with E-state index in [2.05, 4.69) is 29.7 Å². The lowest BCUT2D eigenvalue weighted by atomic mass is 9.90. The number of amides is 1. The second-order valence-corrected chi connectivity index (χ2v) is 10.5.